The second-order valence-corrected chi connectivity index (χ2v) is 8.45. The van der Waals surface area contributed by atoms with Crippen LogP contribution in [0.2, 0.25) is 0 Å². The summed E-state index contributed by atoms with van der Waals surface area (Å²) < 4.78 is 7.58. The number of pyridine rings is 1. The van der Waals surface area contributed by atoms with Crippen LogP contribution in [0, 0.1) is 6.07 Å². The summed E-state index contributed by atoms with van der Waals surface area (Å²) in [6.07, 6.45) is 1.80. The number of rotatable bonds is 4. The minimum absolute atomic E-state index is 0.766. The van der Waals surface area contributed by atoms with Crippen LogP contribution in [0.3, 0.4) is 0 Å². The molecule has 1 aliphatic rings. The van der Waals surface area contributed by atoms with E-state index in [-0.39, 0.29) is 0 Å². The van der Waals surface area contributed by atoms with Crippen molar-refractivity contribution in [2.75, 3.05) is 31.2 Å². The standard InChI is InChI=1S/C25H20N5OS/c1-2-6-19(7-3-1)30-23-22(28-24(30)25-26-11-16-32-25)10-9-21(27-23)18-5-4-8-20(17-18)29-12-14-31-15-13-29/h2-11,16-17H,12-15H2. The zero-order valence-corrected chi connectivity index (χ0v) is 18.1. The van der Waals surface area contributed by atoms with Crippen molar-refractivity contribution in [3.63, 3.8) is 0 Å². The lowest BCUT2D eigenvalue weighted by Gasteiger charge is -2.29. The Kier molecular flexibility index (Phi) is 4.90. The first kappa shape index (κ1) is 19.2. The Balaban J connectivity index is 1.49. The third-order valence-electron chi connectivity index (χ3n) is 5.61. The van der Waals surface area contributed by atoms with Crippen LogP contribution in [0.4, 0.5) is 5.69 Å². The molecule has 1 fully saturated rings. The van der Waals surface area contributed by atoms with Gasteiger partial charge >= 0.3 is 0 Å². The smallest absolute Gasteiger partial charge is 0.176 e. The molecule has 6 rings (SSSR count). The minimum Gasteiger partial charge on any atom is -0.378 e. The second-order valence-electron chi connectivity index (χ2n) is 7.56. The Morgan fingerprint density at radius 2 is 1.81 bits per heavy atom. The van der Waals surface area contributed by atoms with Gasteiger partial charge in [-0.25, -0.2) is 15.0 Å². The molecule has 6 nitrogen and oxygen atoms in total. The van der Waals surface area contributed by atoms with Crippen LogP contribution in [0.15, 0.2) is 72.2 Å². The lowest BCUT2D eigenvalue weighted by Crippen LogP contribution is -2.36. The topological polar surface area (TPSA) is 56.1 Å². The van der Waals surface area contributed by atoms with Gasteiger partial charge in [-0.2, -0.15) is 0 Å². The van der Waals surface area contributed by atoms with Gasteiger partial charge in [0.05, 0.1) is 18.9 Å². The molecular formula is C25H20N5OS. The van der Waals surface area contributed by atoms with Gasteiger partial charge in [0.15, 0.2) is 16.5 Å². The molecule has 7 heteroatoms. The average Bonchev–Trinajstić information content (AvgIpc) is 3.53. The van der Waals surface area contributed by atoms with Gasteiger partial charge in [0.2, 0.25) is 0 Å². The quantitative estimate of drug-likeness (QED) is 0.402. The van der Waals surface area contributed by atoms with Gasteiger partial charge in [-0.05, 0) is 42.5 Å². The number of anilines is 1. The first-order chi connectivity index (χ1) is 15.9. The number of nitrogens with zero attached hydrogens (tertiary/aromatic N) is 5. The van der Waals surface area contributed by atoms with Crippen LogP contribution in [0.1, 0.15) is 0 Å². The molecular weight excluding hydrogens is 418 g/mol. The molecule has 0 spiro atoms. The van der Waals surface area contributed by atoms with Gasteiger partial charge in [-0.15, -0.1) is 11.3 Å². The maximum absolute atomic E-state index is 5.50. The largest absolute Gasteiger partial charge is 0.378 e. The highest BCUT2D eigenvalue weighted by atomic mass is 32.1. The highest BCUT2D eigenvalue weighted by Crippen LogP contribution is 2.31. The van der Waals surface area contributed by atoms with Gasteiger partial charge in [0, 0.05) is 41.6 Å². The second kappa shape index (κ2) is 8.18. The summed E-state index contributed by atoms with van der Waals surface area (Å²) in [5, 5.41) is 2.83. The molecule has 1 radical (unpaired) electrons. The number of hydrogen-bond donors (Lipinski definition) is 0. The van der Waals surface area contributed by atoms with Crippen molar-refractivity contribution in [1.82, 2.24) is 19.5 Å². The van der Waals surface area contributed by atoms with E-state index in [9.17, 15) is 0 Å². The fourth-order valence-electron chi connectivity index (χ4n) is 4.05. The monoisotopic (exact) mass is 438 g/mol. The predicted molar refractivity (Wildman–Crippen MR) is 127 cm³/mol. The number of morpholine rings is 1. The summed E-state index contributed by atoms with van der Waals surface area (Å²) >= 11 is 1.57. The van der Waals surface area contributed by atoms with Crippen molar-refractivity contribution >= 4 is 28.2 Å². The maximum Gasteiger partial charge on any atom is 0.176 e. The zero-order chi connectivity index (χ0) is 21.3. The summed E-state index contributed by atoms with van der Waals surface area (Å²) in [6.45, 7) is 3.35. The lowest BCUT2D eigenvalue weighted by molar-refractivity contribution is 0.122. The molecule has 0 aliphatic carbocycles. The molecule has 157 valence electrons. The van der Waals surface area contributed by atoms with Crippen molar-refractivity contribution in [2.45, 2.75) is 0 Å². The van der Waals surface area contributed by atoms with Crippen LogP contribution in [0.25, 0.3) is 38.9 Å². The molecule has 32 heavy (non-hydrogen) atoms. The van der Waals surface area contributed by atoms with E-state index < -0.39 is 0 Å². The summed E-state index contributed by atoms with van der Waals surface area (Å²) in [6, 6.07) is 23.6. The average molecular weight is 439 g/mol. The Labute approximate surface area is 189 Å². The van der Waals surface area contributed by atoms with Crippen molar-refractivity contribution in [1.29, 1.82) is 0 Å². The van der Waals surface area contributed by atoms with Crippen LogP contribution in [-0.2, 0) is 4.74 Å². The molecule has 4 heterocycles. The molecule has 0 unspecified atom stereocenters. The Morgan fingerprint density at radius 3 is 2.62 bits per heavy atom. The molecule has 0 saturated carbocycles. The highest BCUT2D eigenvalue weighted by molar-refractivity contribution is 7.13. The molecule has 0 amide bonds. The van der Waals surface area contributed by atoms with E-state index in [1.165, 1.54) is 5.69 Å². The van der Waals surface area contributed by atoms with E-state index in [4.69, 9.17) is 14.7 Å². The molecule has 1 aliphatic heterocycles. The van der Waals surface area contributed by atoms with Crippen molar-refractivity contribution in [3.05, 3.63) is 78.3 Å². The van der Waals surface area contributed by atoms with Crippen molar-refractivity contribution < 1.29 is 4.74 Å². The number of hydrogen-bond acceptors (Lipinski definition) is 6. The van der Waals surface area contributed by atoms with Gasteiger partial charge in [-0.3, -0.25) is 4.57 Å². The number of imidazole rings is 1. The van der Waals surface area contributed by atoms with Crippen molar-refractivity contribution in [3.8, 4) is 27.8 Å². The molecule has 0 atom stereocenters. The van der Waals surface area contributed by atoms with Crippen molar-refractivity contribution in [2.24, 2.45) is 0 Å². The summed E-state index contributed by atoms with van der Waals surface area (Å²) in [5.41, 5.74) is 5.85. The number of benzene rings is 2. The number of thiazole rings is 1. The summed E-state index contributed by atoms with van der Waals surface area (Å²) in [4.78, 5) is 16.8. The molecule has 2 aromatic carbocycles. The van der Waals surface area contributed by atoms with Crippen LogP contribution >= 0.6 is 11.3 Å². The van der Waals surface area contributed by atoms with Gasteiger partial charge in [0.25, 0.3) is 0 Å². The van der Waals surface area contributed by atoms with E-state index in [2.05, 4.69) is 44.8 Å². The third-order valence-corrected chi connectivity index (χ3v) is 6.37. The normalized spacial score (nSPS) is 14.2. The molecule has 0 N–H and O–H groups in total. The van der Waals surface area contributed by atoms with Gasteiger partial charge in [-0.1, -0.05) is 24.3 Å². The van der Waals surface area contributed by atoms with Gasteiger partial charge in [0.1, 0.15) is 5.52 Å². The van der Waals surface area contributed by atoms with E-state index in [0.29, 0.717) is 0 Å². The fraction of sp³-hybridized carbons (Fsp3) is 0.160. The van der Waals surface area contributed by atoms with Crippen LogP contribution in [-0.4, -0.2) is 45.8 Å². The molecule has 0 bridgehead atoms. The van der Waals surface area contributed by atoms with E-state index in [0.717, 1.165) is 65.2 Å². The Hall–Kier alpha value is -3.55. The van der Waals surface area contributed by atoms with Crippen LogP contribution in [0.5, 0.6) is 0 Å². The fourth-order valence-corrected chi connectivity index (χ4v) is 4.67. The highest BCUT2D eigenvalue weighted by Gasteiger charge is 2.18. The summed E-state index contributed by atoms with van der Waals surface area (Å²) in [7, 11) is 0. The Bertz CT molecular complexity index is 1360. The number of aromatic nitrogens is 4. The third kappa shape index (κ3) is 3.45. The van der Waals surface area contributed by atoms with E-state index in [1.807, 2.05) is 41.8 Å². The molecule has 1 saturated heterocycles. The SMILES string of the molecule is [c]1ccc(-n2c(-c3nccs3)nc3ccc(-c4cccc(N5CCOCC5)c4)nc32)cc1. The minimum atomic E-state index is 0.766. The molecule has 5 aromatic rings. The van der Waals surface area contributed by atoms with Gasteiger partial charge < -0.3 is 9.64 Å². The predicted octanol–water partition coefficient (Wildman–Crippen LogP) is 4.85. The van der Waals surface area contributed by atoms with E-state index in [1.54, 1.807) is 17.5 Å². The zero-order valence-electron chi connectivity index (χ0n) is 17.3. The van der Waals surface area contributed by atoms with Crippen LogP contribution < -0.4 is 4.90 Å². The first-order valence-corrected chi connectivity index (χ1v) is 11.4. The number of fused-ring (bicyclic) bond motifs is 1. The Morgan fingerprint density at radius 1 is 0.938 bits per heavy atom. The lowest BCUT2D eigenvalue weighted by atomic mass is 10.1. The molecule has 3 aromatic heterocycles. The number of ether oxygens (including phenoxy) is 1. The van der Waals surface area contributed by atoms with E-state index >= 15 is 0 Å². The summed E-state index contributed by atoms with van der Waals surface area (Å²) in [5.74, 6) is 0.799. The first-order valence-electron chi connectivity index (χ1n) is 10.6. The maximum atomic E-state index is 5.50.